The fraction of sp³-hybridized carbons (Fsp3) is 0.0833. The molecule has 3 aromatic carbocycles. The number of hydrogen-bond donors (Lipinski definition) is 4. The van der Waals surface area contributed by atoms with Crippen LogP contribution in [0.15, 0.2) is 45.6 Å². The molecule has 0 spiro atoms. The van der Waals surface area contributed by atoms with E-state index in [0.29, 0.717) is 12.1 Å². The minimum Gasteiger partial charge on any atom is -0.507 e. The quantitative estimate of drug-likeness (QED) is 0.144. The van der Waals surface area contributed by atoms with Crippen LogP contribution in [0.2, 0.25) is 0 Å². The van der Waals surface area contributed by atoms with Crippen molar-refractivity contribution in [2.24, 2.45) is 0 Å². The summed E-state index contributed by atoms with van der Waals surface area (Å²) in [7, 11) is 0. The van der Waals surface area contributed by atoms with E-state index in [2.05, 4.69) is 0 Å². The molecule has 4 aromatic rings. The second-order valence-corrected chi connectivity index (χ2v) is 7.85. The zero-order valence-electron chi connectivity index (χ0n) is 17.3. The minimum absolute atomic E-state index is 0.0443. The van der Waals surface area contributed by atoms with Crippen LogP contribution < -0.4 is 10.2 Å². The largest absolute Gasteiger partial charge is 0.507 e. The zero-order chi connectivity index (χ0) is 25.2. The van der Waals surface area contributed by atoms with Gasteiger partial charge in [-0.05, 0) is 35.9 Å². The molecule has 1 atom stereocenters. The van der Waals surface area contributed by atoms with Crippen LogP contribution in [0.25, 0.3) is 22.3 Å². The van der Waals surface area contributed by atoms with Crippen LogP contribution in [0.4, 0.5) is 13.2 Å². The molecule has 11 heteroatoms. The van der Waals surface area contributed by atoms with Gasteiger partial charge in [0.05, 0.1) is 6.42 Å². The fourth-order valence-corrected chi connectivity index (χ4v) is 4.10. The number of esters is 1. The molecule has 178 valence electrons. The van der Waals surface area contributed by atoms with Gasteiger partial charge >= 0.3 is 5.97 Å². The Kier molecular flexibility index (Phi) is 4.86. The maximum Gasteiger partial charge on any atom is 0.312 e. The fourth-order valence-electron chi connectivity index (χ4n) is 4.10. The van der Waals surface area contributed by atoms with Gasteiger partial charge in [0.1, 0.15) is 22.5 Å². The van der Waals surface area contributed by atoms with Gasteiger partial charge in [0.15, 0.2) is 34.7 Å². The Morgan fingerprint density at radius 2 is 1.54 bits per heavy atom. The summed E-state index contributed by atoms with van der Waals surface area (Å²) in [6, 6.07) is 5.57. The molecule has 0 bridgehead atoms. The standard InChI is InChI=1S/C24H13F3O8/c25-11-3-9(4-12(26)20(11)27)10-6-17(31)34-16-7-15(30)19-21(32)22(33)23(35-24(19)18(10)16)8-1-2-13(28)14(29)5-8/h1-5,7,10,28-30,33H,6H2. The molecule has 4 N–H and O–H groups in total. The van der Waals surface area contributed by atoms with E-state index in [4.69, 9.17) is 9.15 Å². The van der Waals surface area contributed by atoms with E-state index in [-0.39, 0.29) is 28.0 Å². The van der Waals surface area contributed by atoms with Gasteiger partial charge in [-0.1, -0.05) is 0 Å². The number of halogens is 3. The van der Waals surface area contributed by atoms with E-state index < -0.39 is 75.3 Å². The van der Waals surface area contributed by atoms with Gasteiger partial charge < -0.3 is 29.6 Å². The summed E-state index contributed by atoms with van der Waals surface area (Å²) >= 11 is 0. The van der Waals surface area contributed by atoms with E-state index in [0.717, 1.165) is 18.2 Å². The Hall–Kier alpha value is -4.67. The number of phenolic OH excluding ortho intramolecular Hbond substituents is 3. The predicted molar refractivity (Wildman–Crippen MR) is 113 cm³/mol. The Balaban J connectivity index is 1.86. The molecular formula is C24H13F3O8. The molecule has 1 aliphatic heterocycles. The molecule has 0 saturated carbocycles. The van der Waals surface area contributed by atoms with Crippen molar-refractivity contribution in [3.05, 3.63) is 75.2 Å². The topological polar surface area (TPSA) is 137 Å². The van der Waals surface area contributed by atoms with Gasteiger partial charge in [-0.3, -0.25) is 9.59 Å². The average molecular weight is 486 g/mol. The lowest BCUT2D eigenvalue weighted by atomic mass is 9.85. The molecule has 1 unspecified atom stereocenters. The second-order valence-electron chi connectivity index (χ2n) is 7.85. The van der Waals surface area contributed by atoms with Crippen molar-refractivity contribution in [1.82, 2.24) is 0 Å². The molecule has 0 amide bonds. The van der Waals surface area contributed by atoms with Crippen molar-refractivity contribution in [1.29, 1.82) is 0 Å². The van der Waals surface area contributed by atoms with Crippen molar-refractivity contribution in [3.8, 4) is 40.1 Å². The van der Waals surface area contributed by atoms with Crippen molar-refractivity contribution in [3.63, 3.8) is 0 Å². The zero-order valence-corrected chi connectivity index (χ0v) is 17.3. The molecule has 8 nitrogen and oxygen atoms in total. The lowest BCUT2D eigenvalue weighted by molar-refractivity contribution is -0.135. The Labute approximate surface area is 192 Å². The van der Waals surface area contributed by atoms with Gasteiger partial charge in [0, 0.05) is 23.1 Å². The first-order chi connectivity index (χ1) is 16.6. The summed E-state index contributed by atoms with van der Waals surface area (Å²) < 4.78 is 52.4. The summed E-state index contributed by atoms with van der Waals surface area (Å²) in [5.41, 5.74) is -1.76. The number of carbonyl (C=O) groups is 1. The monoisotopic (exact) mass is 486 g/mol. The highest BCUT2D eigenvalue weighted by Crippen LogP contribution is 2.47. The maximum atomic E-state index is 14.0. The Bertz CT molecular complexity index is 1600. The smallest absolute Gasteiger partial charge is 0.312 e. The van der Waals surface area contributed by atoms with E-state index >= 15 is 0 Å². The van der Waals surface area contributed by atoms with Crippen LogP contribution in [0, 0.1) is 17.5 Å². The summed E-state index contributed by atoms with van der Waals surface area (Å²) in [5, 5.41) is 39.8. The van der Waals surface area contributed by atoms with Crippen LogP contribution >= 0.6 is 0 Å². The number of rotatable bonds is 2. The minimum atomic E-state index is -1.71. The molecule has 2 heterocycles. The highest BCUT2D eigenvalue weighted by Gasteiger charge is 2.35. The van der Waals surface area contributed by atoms with E-state index in [1.807, 2.05) is 0 Å². The van der Waals surface area contributed by atoms with Gasteiger partial charge in [0.2, 0.25) is 11.2 Å². The molecule has 0 aliphatic carbocycles. The SMILES string of the molecule is O=C1CC(c2cc(F)c(F)c(F)c2)c2c(cc(O)c3c(=O)c(O)c(-c4ccc(O)c(O)c4)oc23)O1. The molecule has 0 fully saturated rings. The van der Waals surface area contributed by atoms with Crippen LogP contribution in [0.3, 0.4) is 0 Å². The molecule has 0 saturated heterocycles. The lowest BCUT2D eigenvalue weighted by Gasteiger charge is -2.26. The molecule has 5 rings (SSSR count). The predicted octanol–water partition coefficient (Wildman–Crippen LogP) is 4.14. The molecule has 1 aromatic heterocycles. The first kappa shape index (κ1) is 22.1. The highest BCUT2D eigenvalue weighted by atomic mass is 19.2. The number of hydrogen-bond acceptors (Lipinski definition) is 8. The van der Waals surface area contributed by atoms with E-state index in [1.165, 1.54) is 6.07 Å². The first-order valence-corrected chi connectivity index (χ1v) is 10.00. The van der Waals surface area contributed by atoms with Crippen LogP contribution in [-0.4, -0.2) is 26.4 Å². The summed E-state index contributed by atoms with van der Waals surface area (Å²) in [6.07, 6.45) is -0.475. The highest BCUT2D eigenvalue weighted by molar-refractivity contribution is 5.94. The maximum absolute atomic E-state index is 14.0. The van der Waals surface area contributed by atoms with Crippen LogP contribution in [-0.2, 0) is 4.79 Å². The molecule has 0 radical (unpaired) electrons. The number of phenols is 3. The van der Waals surface area contributed by atoms with Gasteiger partial charge in [-0.2, -0.15) is 0 Å². The van der Waals surface area contributed by atoms with Gasteiger partial charge in [0.25, 0.3) is 0 Å². The molecular weight excluding hydrogens is 473 g/mol. The van der Waals surface area contributed by atoms with E-state index in [9.17, 15) is 43.2 Å². The second kappa shape index (κ2) is 7.69. The third-order valence-electron chi connectivity index (χ3n) is 5.71. The first-order valence-electron chi connectivity index (χ1n) is 10.00. The number of fused-ring (bicyclic) bond motifs is 3. The lowest BCUT2D eigenvalue weighted by Crippen LogP contribution is -2.22. The van der Waals surface area contributed by atoms with Crippen LogP contribution in [0.5, 0.6) is 28.7 Å². The Morgan fingerprint density at radius 1 is 0.857 bits per heavy atom. The number of ether oxygens (including phenoxy) is 1. The number of carbonyl (C=O) groups excluding carboxylic acids is 1. The van der Waals surface area contributed by atoms with Crippen molar-refractivity contribution in [2.75, 3.05) is 0 Å². The number of benzene rings is 3. The van der Waals surface area contributed by atoms with Crippen LogP contribution in [0.1, 0.15) is 23.5 Å². The third-order valence-corrected chi connectivity index (χ3v) is 5.71. The van der Waals surface area contributed by atoms with Crippen molar-refractivity contribution >= 4 is 16.9 Å². The molecule has 35 heavy (non-hydrogen) atoms. The summed E-state index contributed by atoms with van der Waals surface area (Å²) in [6.45, 7) is 0. The molecule has 1 aliphatic rings. The summed E-state index contributed by atoms with van der Waals surface area (Å²) in [4.78, 5) is 25.2. The summed E-state index contributed by atoms with van der Waals surface area (Å²) in [5.74, 6) is -10.3. The van der Waals surface area contributed by atoms with Crippen molar-refractivity contribution in [2.45, 2.75) is 12.3 Å². The third kappa shape index (κ3) is 3.39. The average Bonchev–Trinajstić information content (AvgIpc) is 2.80. The Morgan fingerprint density at radius 3 is 2.20 bits per heavy atom. The number of aromatic hydroxyl groups is 4. The van der Waals surface area contributed by atoms with E-state index in [1.54, 1.807) is 0 Å². The van der Waals surface area contributed by atoms with Gasteiger partial charge in [-0.25, -0.2) is 13.2 Å². The van der Waals surface area contributed by atoms with Crippen molar-refractivity contribution < 1.29 is 47.5 Å². The van der Waals surface area contributed by atoms with Gasteiger partial charge in [-0.15, -0.1) is 0 Å². The normalized spacial score (nSPS) is 15.2.